The van der Waals surface area contributed by atoms with E-state index >= 15 is 0 Å². The predicted molar refractivity (Wildman–Crippen MR) is 213 cm³/mol. The highest BCUT2D eigenvalue weighted by atomic mass is 32.1. The number of aliphatic hydroxyl groups is 1. The zero-order chi connectivity index (χ0) is 39.5. The molecular formula is C42H50N6O6S. The number of aliphatic hydroxyl groups excluding tert-OH is 1. The molecule has 0 aliphatic rings. The molecule has 0 radical (unpaired) electrons. The van der Waals surface area contributed by atoms with E-state index in [2.05, 4.69) is 32.5 Å². The molecule has 2 amide bonds. The lowest BCUT2D eigenvalue weighted by molar-refractivity contribution is -0.145. The fraction of sp³-hybridized carbons (Fsp3) is 0.381. The summed E-state index contributed by atoms with van der Waals surface area (Å²) in [7, 11) is 1.68. The van der Waals surface area contributed by atoms with Crippen molar-refractivity contribution in [3.05, 3.63) is 107 Å². The van der Waals surface area contributed by atoms with E-state index in [1.54, 1.807) is 30.1 Å². The number of nitrogens with one attached hydrogen (secondary N) is 2. The molecule has 0 fully saturated rings. The van der Waals surface area contributed by atoms with Crippen molar-refractivity contribution in [1.82, 2.24) is 30.2 Å². The number of aromatic nitrogens is 4. The molecule has 3 unspecified atom stereocenters. The topological polar surface area (TPSA) is 169 Å². The van der Waals surface area contributed by atoms with Gasteiger partial charge in [0.2, 0.25) is 5.91 Å². The summed E-state index contributed by atoms with van der Waals surface area (Å²) in [5, 5.41) is 26.0. The molecule has 5 rings (SSSR count). The van der Waals surface area contributed by atoms with Gasteiger partial charge in [0, 0.05) is 48.1 Å². The van der Waals surface area contributed by atoms with Crippen LogP contribution in [-0.2, 0) is 28.5 Å². The van der Waals surface area contributed by atoms with Crippen molar-refractivity contribution in [2.24, 2.45) is 7.05 Å². The summed E-state index contributed by atoms with van der Waals surface area (Å²) in [6.07, 6.45) is 10.8. The minimum Gasteiger partial charge on any atom is -0.494 e. The lowest BCUT2D eigenvalue weighted by Gasteiger charge is -2.24. The monoisotopic (exact) mass is 766 g/mol. The minimum atomic E-state index is -1.71. The van der Waals surface area contributed by atoms with Gasteiger partial charge in [0.15, 0.2) is 11.9 Å². The molecule has 13 heteroatoms. The number of benzene rings is 2. The number of aryl methyl sites for hydroxylation is 1. The number of nitrogens with zero attached hydrogens (tertiary/aromatic N) is 4. The summed E-state index contributed by atoms with van der Waals surface area (Å²) in [5.41, 5.74) is 3.20. The molecule has 0 aliphatic heterocycles. The van der Waals surface area contributed by atoms with Crippen molar-refractivity contribution < 1.29 is 29.3 Å². The molecule has 0 aliphatic carbocycles. The molecule has 3 heterocycles. The first-order chi connectivity index (χ1) is 26.3. The van der Waals surface area contributed by atoms with E-state index in [0.717, 1.165) is 33.7 Å². The number of aliphatic carboxylic acids is 1. The highest BCUT2D eigenvalue weighted by Gasteiger charge is 2.34. The van der Waals surface area contributed by atoms with E-state index in [1.165, 1.54) is 49.5 Å². The summed E-state index contributed by atoms with van der Waals surface area (Å²) in [6, 6.07) is 15.9. The fourth-order valence-electron chi connectivity index (χ4n) is 5.88. The Labute approximate surface area is 326 Å². The number of ether oxygens (including phenoxy) is 1. The second kappa shape index (κ2) is 18.8. The van der Waals surface area contributed by atoms with Gasteiger partial charge >= 0.3 is 5.97 Å². The molecular weight excluding hydrogens is 717 g/mol. The third-order valence-electron chi connectivity index (χ3n) is 9.11. The Morgan fingerprint density at radius 2 is 1.53 bits per heavy atom. The molecule has 0 bridgehead atoms. The Morgan fingerprint density at radius 1 is 0.855 bits per heavy atom. The van der Waals surface area contributed by atoms with Crippen LogP contribution in [0.15, 0.2) is 85.6 Å². The van der Waals surface area contributed by atoms with Crippen molar-refractivity contribution in [3.8, 4) is 28.3 Å². The van der Waals surface area contributed by atoms with Crippen molar-refractivity contribution in [3.63, 3.8) is 0 Å². The normalized spacial score (nSPS) is 13.1. The fourth-order valence-corrected chi connectivity index (χ4v) is 6.85. The highest BCUT2D eigenvalue weighted by molar-refractivity contribution is 7.14. The number of unbranched alkanes of at least 4 members (excludes halogenated alkanes) is 4. The second-order valence-electron chi connectivity index (χ2n) is 14.7. The number of hydrogen-bond donors (Lipinski definition) is 4. The summed E-state index contributed by atoms with van der Waals surface area (Å²) >= 11 is 1.33. The molecule has 5 aromatic rings. The van der Waals surface area contributed by atoms with Gasteiger partial charge in [-0.25, -0.2) is 19.7 Å². The first-order valence-electron chi connectivity index (χ1n) is 18.6. The number of carboxylic acid groups (broad SMARTS) is 1. The molecule has 3 atom stereocenters. The molecule has 290 valence electrons. The third-order valence-corrected chi connectivity index (χ3v) is 10.6. The second-order valence-corrected chi connectivity index (χ2v) is 15.7. The van der Waals surface area contributed by atoms with Gasteiger partial charge in [-0.15, -0.1) is 11.3 Å². The van der Waals surface area contributed by atoms with Crippen LogP contribution >= 0.6 is 11.3 Å². The standard InChI is InChI=1S/C42H50N6O6S/c1-6-7-8-9-10-21-54-31-17-15-28(16-18-31)30-23-43-38(44-24-30)29-13-11-27(12-14-29)22-32(46-40(51)34-19-20-35(55-34)42(2,3)4)39(50)47-36(41(52)53)37(49)33-25-48(5)26-45-33/h11-20,23-26,32,36-37,49H,6-10,21-22H2,1-5H3,(H,46,51)(H,47,50)(H,52,53). The SMILES string of the molecule is CCCCCCCOc1ccc(-c2cnc(-c3ccc(CC(NC(=O)c4ccc(C(C)(C)C)s4)C(=O)NC(C(=O)O)C(O)c4cn(C)cn4)cc3)nc2)cc1. The van der Waals surface area contributed by atoms with Crippen LogP contribution in [0, 0.1) is 0 Å². The number of carboxylic acids is 1. The van der Waals surface area contributed by atoms with Crippen molar-refractivity contribution in [2.75, 3.05) is 6.61 Å². The lowest BCUT2D eigenvalue weighted by atomic mass is 9.95. The van der Waals surface area contributed by atoms with E-state index < -0.39 is 36.0 Å². The van der Waals surface area contributed by atoms with Gasteiger partial charge in [-0.1, -0.05) is 89.8 Å². The molecule has 0 saturated carbocycles. The number of thiophene rings is 1. The van der Waals surface area contributed by atoms with Crippen LogP contribution in [0.3, 0.4) is 0 Å². The largest absolute Gasteiger partial charge is 0.494 e. The zero-order valence-electron chi connectivity index (χ0n) is 32.0. The van der Waals surface area contributed by atoms with Crippen molar-refractivity contribution in [2.45, 2.75) is 89.8 Å². The summed E-state index contributed by atoms with van der Waals surface area (Å²) in [5.74, 6) is -1.34. The van der Waals surface area contributed by atoms with Crippen LogP contribution in [-0.4, -0.2) is 66.2 Å². The van der Waals surface area contributed by atoms with Gasteiger partial charge in [0.25, 0.3) is 5.91 Å². The minimum absolute atomic E-state index is 0.0414. The Bertz CT molecular complexity index is 2020. The Morgan fingerprint density at radius 3 is 2.13 bits per heavy atom. The third kappa shape index (κ3) is 11.3. The summed E-state index contributed by atoms with van der Waals surface area (Å²) in [6.45, 7) is 9.05. The quantitative estimate of drug-likeness (QED) is 0.0694. The summed E-state index contributed by atoms with van der Waals surface area (Å²) in [4.78, 5) is 54.0. The highest BCUT2D eigenvalue weighted by Crippen LogP contribution is 2.30. The number of imidazole rings is 1. The zero-order valence-corrected chi connectivity index (χ0v) is 32.8. The van der Waals surface area contributed by atoms with E-state index in [0.29, 0.717) is 22.9 Å². The Balaban J connectivity index is 1.27. The molecule has 0 saturated heterocycles. The first-order valence-corrected chi connectivity index (χ1v) is 19.4. The smallest absolute Gasteiger partial charge is 0.329 e. The Kier molecular flexibility index (Phi) is 13.9. The van der Waals surface area contributed by atoms with Gasteiger partial charge in [0.1, 0.15) is 17.9 Å². The van der Waals surface area contributed by atoms with E-state index in [4.69, 9.17) is 4.74 Å². The summed E-state index contributed by atoms with van der Waals surface area (Å²) < 4.78 is 7.45. The van der Waals surface area contributed by atoms with Crippen LogP contribution in [0.1, 0.15) is 91.7 Å². The Hall–Kier alpha value is -5.40. The van der Waals surface area contributed by atoms with Crippen molar-refractivity contribution >= 4 is 29.1 Å². The number of amides is 2. The maximum absolute atomic E-state index is 13.7. The predicted octanol–water partition coefficient (Wildman–Crippen LogP) is 6.90. The average molecular weight is 767 g/mol. The van der Waals surface area contributed by atoms with E-state index in [9.17, 15) is 24.6 Å². The van der Waals surface area contributed by atoms with Crippen LogP contribution in [0.4, 0.5) is 0 Å². The van der Waals surface area contributed by atoms with Gasteiger partial charge in [-0.05, 0) is 47.2 Å². The van der Waals surface area contributed by atoms with Gasteiger partial charge in [0.05, 0.1) is 23.5 Å². The molecule has 55 heavy (non-hydrogen) atoms. The molecule has 3 aromatic heterocycles. The van der Waals surface area contributed by atoms with Crippen LogP contribution in [0.5, 0.6) is 5.75 Å². The van der Waals surface area contributed by atoms with Gasteiger partial charge in [-0.3, -0.25) is 9.59 Å². The maximum Gasteiger partial charge on any atom is 0.329 e. The molecule has 2 aromatic carbocycles. The van der Waals surface area contributed by atoms with Gasteiger partial charge in [-0.2, -0.15) is 0 Å². The lowest BCUT2D eigenvalue weighted by Crippen LogP contribution is -2.54. The number of carbonyl (C=O) groups is 3. The van der Waals surface area contributed by atoms with Gasteiger partial charge < -0.3 is 30.2 Å². The maximum atomic E-state index is 13.7. The molecule has 0 spiro atoms. The number of hydrogen-bond acceptors (Lipinski definition) is 9. The average Bonchev–Trinajstić information content (AvgIpc) is 3.86. The molecule has 4 N–H and O–H groups in total. The van der Waals surface area contributed by atoms with E-state index in [-0.39, 0.29) is 17.5 Å². The molecule has 12 nitrogen and oxygen atoms in total. The number of rotatable bonds is 18. The van der Waals surface area contributed by atoms with E-state index in [1.807, 2.05) is 75.4 Å². The van der Waals surface area contributed by atoms with Crippen LogP contribution < -0.4 is 15.4 Å². The van der Waals surface area contributed by atoms with Crippen molar-refractivity contribution in [1.29, 1.82) is 0 Å². The van der Waals surface area contributed by atoms with Crippen LogP contribution in [0.2, 0.25) is 0 Å². The number of carbonyl (C=O) groups excluding carboxylic acids is 2. The van der Waals surface area contributed by atoms with Crippen LogP contribution in [0.25, 0.3) is 22.5 Å². The first kappa shape index (κ1) is 40.8.